The molecule has 0 radical (unpaired) electrons. The van der Waals surface area contributed by atoms with Crippen molar-refractivity contribution in [3.63, 3.8) is 0 Å². The van der Waals surface area contributed by atoms with Gasteiger partial charge in [0.1, 0.15) is 11.3 Å². The number of nitrogens with zero attached hydrogens (tertiary/aromatic N) is 1. The summed E-state index contributed by atoms with van der Waals surface area (Å²) in [5.41, 5.74) is -6.89. The third kappa shape index (κ3) is 5.85. The highest BCUT2D eigenvalue weighted by Gasteiger charge is 2.71. The lowest BCUT2D eigenvalue weighted by Crippen LogP contribution is -2.54. The molecule has 1 aromatic rings. The normalized spacial score (nSPS) is 20.8. The number of aryl methyl sites for hydroxylation is 2. The van der Waals surface area contributed by atoms with Crippen molar-refractivity contribution in [3.8, 4) is 5.75 Å². The summed E-state index contributed by atoms with van der Waals surface area (Å²) in [4.78, 5) is 26.5. The lowest BCUT2D eigenvalue weighted by atomic mass is 9.71. The number of hydrogen-bond donors (Lipinski definition) is 2. The molecule has 3 amide bonds. The number of unbranched alkanes of at least 4 members (excludes halogenated alkanes) is 1. The fraction of sp³-hybridized carbons (Fsp3) is 0.704. The Hall–Kier alpha value is -2.50. The van der Waals surface area contributed by atoms with Crippen molar-refractivity contribution >= 4 is 11.9 Å². The molecular formula is C27H36F6N2O4. The van der Waals surface area contributed by atoms with Gasteiger partial charge in [0, 0.05) is 12.1 Å². The Morgan fingerprint density at radius 3 is 1.97 bits per heavy atom. The van der Waals surface area contributed by atoms with Gasteiger partial charge in [0.05, 0.1) is 6.61 Å². The third-order valence-corrected chi connectivity index (χ3v) is 7.77. The number of hydrogen-bond acceptors (Lipinski definition) is 4. The average molecular weight is 567 g/mol. The van der Waals surface area contributed by atoms with Crippen LogP contribution in [0.15, 0.2) is 12.1 Å². The zero-order chi connectivity index (χ0) is 29.2. The van der Waals surface area contributed by atoms with Crippen LogP contribution in [0.3, 0.4) is 0 Å². The summed E-state index contributed by atoms with van der Waals surface area (Å²) in [5, 5.41) is 12.8. The molecular weight excluding hydrogens is 530 g/mol. The van der Waals surface area contributed by atoms with Crippen molar-refractivity contribution in [1.82, 2.24) is 10.2 Å². The zero-order valence-electron chi connectivity index (χ0n) is 22.4. The van der Waals surface area contributed by atoms with Gasteiger partial charge in [-0.15, -0.1) is 0 Å². The van der Waals surface area contributed by atoms with Crippen LogP contribution in [-0.2, 0) is 23.2 Å². The molecule has 1 atom stereocenters. The number of aliphatic hydroxyl groups is 1. The molecule has 39 heavy (non-hydrogen) atoms. The molecule has 1 unspecified atom stereocenters. The maximum absolute atomic E-state index is 13.6. The van der Waals surface area contributed by atoms with Crippen LogP contribution in [0.25, 0.3) is 0 Å². The van der Waals surface area contributed by atoms with Crippen LogP contribution in [0, 0.1) is 5.92 Å². The minimum absolute atomic E-state index is 0.0825. The lowest BCUT2D eigenvalue weighted by molar-refractivity contribution is -0.376. The van der Waals surface area contributed by atoms with Gasteiger partial charge in [-0.25, -0.2) is 4.79 Å². The fourth-order valence-corrected chi connectivity index (χ4v) is 5.27. The first-order valence-corrected chi connectivity index (χ1v) is 13.4. The van der Waals surface area contributed by atoms with Crippen molar-refractivity contribution in [3.05, 3.63) is 28.8 Å². The fourth-order valence-electron chi connectivity index (χ4n) is 5.27. The number of alkyl halides is 6. The van der Waals surface area contributed by atoms with Crippen molar-refractivity contribution in [2.45, 2.75) is 102 Å². The van der Waals surface area contributed by atoms with E-state index in [-0.39, 0.29) is 54.7 Å². The monoisotopic (exact) mass is 566 g/mol. The minimum Gasteiger partial charge on any atom is -0.493 e. The summed E-state index contributed by atoms with van der Waals surface area (Å²) < 4.78 is 87.2. The maximum Gasteiger partial charge on any atom is 0.430 e. The van der Waals surface area contributed by atoms with Crippen LogP contribution < -0.4 is 10.1 Å². The Bertz CT molecular complexity index is 1010. The van der Waals surface area contributed by atoms with Crippen molar-refractivity contribution < 1.29 is 45.8 Å². The van der Waals surface area contributed by atoms with Gasteiger partial charge >= 0.3 is 18.4 Å². The molecule has 1 saturated heterocycles. The van der Waals surface area contributed by atoms with Crippen molar-refractivity contribution in [1.29, 1.82) is 0 Å². The van der Waals surface area contributed by atoms with E-state index in [4.69, 9.17) is 4.74 Å². The Morgan fingerprint density at radius 1 is 1.00 bits per heavy atom. The molecule has 1 aliphatic heterocycles. The second-order valence-corrected chi connectivity index (χ2v) is 10.6. The maximum atomic E-state index is 13.6. The number of urea groups is 1. The van der Waals surface area contributed by atoms with Crippen LogP contribution in [0.2, 0.25) is 0 Å². The summed E-state index contributed by atoms with van der Waals surface area (Å²) in [6.45, 7) is 5.45. The summed E-state index contributed by atoms with van der Waals surface area (Å²) >= 11 is 0. The Labute approximate surface area is 224 Å². The van der Waals surface area contributed by atoms with Gasteiger partial charge in [-0.3, -0.25) is 9.69 Å². The highest BCUT2D eigenvalue weighted by molar-refractivity contribution is 6.07. The van der Waals surface area contributed by atoms with Gasteiger partial charge in [-0.05, 0) is 74.6 Å². The summed E-state index contributed by atoms with van der Waals surface area (Å²) in [6, 6.07) is 1.02. The minimum atomic E-state index is -5.98. The van der Waals surface area contributed by atoms with E-state index < -0.39 is 35.1 Å². The number of halogens is 6. The quantitative estimate of drug-likeness (QED) is 0.180. The Kier molecular flexibility index (Phi) is 9.19. The van der Waals surface area contributed by atoms with Crippen molar-refractivity contribution in [2.24, 2.45) is 5.92 Å². The first-order valence-electron chi connectivity index (χ1n) is 13.4. The van der Waals surface area contributed by atoms with Gasteiger partial charge in [-0.1, -0.05) is 33.1 Å². The van der Waals surface area contributed by atoms with Gasteiger partial charge in [-0.2, -0.15) is 26.3 Å². The van der Waals surface area contributed by atoms with E-state index in [1.165, 1.54) is 4.90 Å². The van der Waals surface area contributed by atoms with E-state index in [0.29, 0.717) is 25.7 Å². The molecule has 12 heteroatoms. The smallest absolute Gasteiger partial charge is 0.430 e. The zero-order valence-corrected chi connectivity index (χ0v) is 22.4. The lowest BCUT2D eigenvalue weighted by Gasteiger charge is -2.37. The molecule has 0 aromatic heterocycles. The van der Waals surface area contributed by atoms with Crippen LogP contribution >= 0.6 is 0 Å². The first-order chi connectivity index (χ1) is 18.1. The number of nitrogens with one attached hydrogen (secondary N) is 1. The van der Waals surface area contributed by atoms with Crippen LogP contribution in [0.1, 0.15) is 82.4 Å². The number of ether oxygens (including phenoxy) is 1. The molecule has 1 aliphatic carbocycles. The highest BCUT2D eigenvalue weighted by atomic mass is 19.4. The summed E-state index contributed by atoms with van der Waals surface area (Å²) in [7, 11) is 0. The standard InChI is InChI=1S/C27H36F6N2O4/c1-4-9-17-15-20(25(38,26(28,29)30)27(31,32)33)16-18(10-5-2)21(17)39-14-7-6-13-35-22(36)24(3,34-23(35)37)19-11-8-12-19/h15-16,19,38H,4-14H2,1-3H3,(H,34,37). The van der Waals surface area contributed by atoms with Crippen molar-refractivity contribution in [2.75, 3.05) is 13.2 Å². The number of rotatable bonds is 12. The predicted molar refractivity (Wildman–Crippen MR) is 131 cm³/mol. The van der Waals surface area contributed by atoms with Gasteiger partial charge in [0.15, 0.2) is 0 Å². The molecule has 3 rings (SSSR count). The van der Waals surface area contributed by atoms with Crippen LogP contribution in [0.5, 0.6) is 5.75 Å². The van der Waals surface area contributed by atoms with Gasteiger partial charge in [0.25, 0.3) is 11.5 Å². The predicted octanol–water partition coefficient (Wildman–Crippen LogP) is 6.17. The molecule has 0 bridgehead atoms. The second-order valence-electron chi connectivity index (χ2n) is 10.6. The molecule has 1 saturated carbocycles. The second kappa shape index (κ2) is 11.5. The molecule has 6 nitrogen and oxygen atoms in total. The number of imide groups is 1. The van der Waals surface area contributed by atoms with E-state index in [1.54, 1.807) is 20.8 Å². The van der Waals surface area contributed by atoms with Gasteiger partial charge in [0.2, 0.25) is 0 Å². The molecule has 1 aromatic carbocycles. The van der Waals surface area contributed by atoms with Crippen LogP contribution in [0.4, 0.5) is 31.1 Å². The van der Waals surface area contributed by atoms with E-state index in [9.17, 15) is 41.0 Å². The number of carbonyl (C=O) groups excluding carboxylic acids is 2. The molecule has 220 valence electrons. The summed E-state index contributed by atoms with van der Waals surface area (Å²) in [5.74, 6) is 0.0688. The first kappa shape index (κ1) is 31.0. The average Bonchev–Trinajstić information content (AvgIpc) is 2.99. The molecule has 1 heterocycles. The van der Waals surface area contributed by atoms with Gasteiger partial charge < -0.3 is 15.2 Å². The molecule has 2 aliphatic rings. The topological polar surface area (TPSA) is 78.9 Å². The Morgan fingerprint density at radius 2 is 1.54 bits per heavy atom. The number of amides is 3. The largest absolute Gasteiger partial charge is 0.493 e. The molecule has 2 fully saturated rings. The van der Waals surface area contributed by atoms with E-state index in [1.807, 2.05) is 0 Å². The number of benzene rings is 1. The number of carbonyl (C=O) groups is 2. The van der Waals surface area contributed by atoms with E-state index >= 15 is 0 Å². The third-order valence-electron chi connectivity index (χ3n) is 7.77. The SMILES string of the molecule is CCCc1cc(C(O)(C(F)(F)F)C(F)(F)F)cc(CCC)c1OCCCCN1C(=O)NC(C)(C2CCC2)C1=O. The highest BCUT2D eigenvalue weighted by Crippen LogP contribution is 2.51. The molecule has 2 N–H and O–H groups in total. The summed E-state index contributed by atoms with van der Waals surface area (Å²) in [6.07, 6.45) is -7.23. The van der Waals surface area contributed by atoms with E-state index in [0.717, 1.165) is 31.4 Å². The molecule has 0 spiro atoms. The van der Waals surface area contributed by atoms with Crippen LogP contribution in [-0.4, -0.2) is 53.0 Å². The Balaban J connectivity index is 1.74. The van der Waals surface area contributed by atoms with E-state index in [2.05, 4.69) is 5.32 Å².